The standard InChI is InChI=1S/C21H24O3/c1-14(2)6-5-11-21(3)19-9-7-15(22)12-17(19)18-13-16(23-4)8-10-20(18)24-21/h6-10,12-13,22H,5,11H2,1-4H3. The third-order valence-electron chi connectivity index (χ3n) is 4.56. The zero-order valence-electron chi connectivity index (χ0n) is 14.7. The largest absolute Gasteiger partial charge is 0.508 e. The average Bonchev–Trinajstić information content (AvgIpc) is 2.54. The summed E-state index contributed by atoms with van der Waals surface area (Å²) in [7, 11) is 1.65. The lowest BCUT2D eigenvalue weighted by molar-refractivity contribution is 0.0750. The molecule has 126 valence electrons. The van der Waals surface area contributed by atoms with E-state index in [9.17, 15) is 5.11 Å². The second-order valence-corrected chi connectivity index (χ2v) is 6.75. The first-order chi connectivity index (χ1) is 11.4. The first-order valence-corrected chi connectivity index (χ1v) is 8.27. The van der Waals surface area contributed by atoms with Gasteiger partial charge in [0.25, 0.3) is 0 Å². The van der Waals surface area contributed by atoms with Gasteiger partial charge in [0.2, 0.25) is 0 Å². The van der Waals surface area contributed by atoms with Gasteiger partial charge in [-0.05, 0) is 69.5 Å². The first-order valence-electron chi connectivity index (χ1n) is 8.27. The van der Waals surface area contributed by atoms with Gasteiger partial charge >= 0.3 is 0 Å². The molecule has 1 atom stereocenters. The Hall–Kier alpha value is -2.42. The van der Waals surface area contributed by atoms with Crippen LogP contribution in [0.5, 0.6) is 17.2 Å². The van der Waals surface area contributed by atoms with Gasteiger partial charge in [0, 0.05) is 11.1 Å². The van der Waals surface area contributed by atoms with Gasteiger partial charge in [-0.1, -0.05) is 17.7 Å². The number of rotatable bonds is 4. The van der Waals surface area contributed by atoms with Gasteiger partial charge in [-0.3, -0.25) is 0 Å². The summed E-state index contributed by atoms with van der Waals surface area (Å²) >= 11 is 0. The highest BCUT2D eigenvalue weighted by Crippen LogP contribution is 2.49. The fourth-order valence-corrected chi connectivity index (χ4v) is 3.27. The smallest absolute Gasteiger partial charge is 0.132 e. The van der Waals surface area contributed by atoms with Crippen LogP contribution in [0.15, 0.2) is 48.0 Å². The first kappa shape index (κ1) is 16.4. The number of methoxy groups -OCH3 is 1. The van der Waals surface area contributed by atoms with Gasteiger partial charge in [0.05, 0.1) is 7.11 Å². The van der Waals surface area contributed by atoms with E-state index in [4.69, 9.17) is 9.47 Å². The van der Waals surface area contributed by atoms with Crippen LogP contribution in [-0.2, 0) is 5.60 Å². The van der Waals surface area contributed by atoms with E-state index in [1.807, 2.05) is 30.3 Å². The molecule has 0 radical (unpaired) electrons. The summed E-state index contributed by atoms with van der Waals surface area (Å²) in [6, 6.07) is 11.3. The highest BCUT2D eigenvalue weighted by atomic mass is 16.5. The van der Waals surface area contributed by atoms with Gasteiger partial charge < -0.3 is 14.6 Å². The Bertz CT molecular complexity index is 788. The minimum absolute atomic E-state index is 0.260. The fraction of sp³-hybridized carbons (Fsp3) is 0.333. The van der Waals surface area contributed by atoms with E-state index in [2.05, 4.69) is 26.8 Å². The van der Waals surface area contributed by atoms with Crippen molar-refractivity contribution in [1.29, 1.82) is 0 Å². The number of fused-ring (bicyclic) bond motifs is 3. The Labute approximate surface area is 143 Å². The number of phenolic OH excluding ortho intramolecular Hbond substituents is 1. The molecule has 3 nitrogen and oxygen atoms in total. The summed E-state index contributed by atoms with van der Waals surface area (Å²) in [6.07, 6.45) is 4.06. The van der Waals surface area contributed by atoms with Gasteiger partial charge in [0.1, 0.15) is 22.8 Å². The fourth-order valence-electron chi connectivity index (χ4n) is 3.27. The zero-order chi connectivity index (χ0) is 17.3. The molecular formula is C21H24O3. The van der Waals surface area contributed by atoms with Crippen molar-refractivity contribution < 1.29 is 14.6 Å². The molecule has 1 aliphatic heterocycles. The van der Waals surface area contributed by atoms with Gasteiger partial charge in [0.15, 0.2) is 0 Å². The number of phenols is 1. The predicted octanol–water partition coefficient (Wildman–Crippen LogP) is 5.42. The van der Waals surface area contributed by atoms with Gasteiger partial charge in [-0.2, -0.15) is 0 Å². The van der Waals surface area contributed by atoms with Crippen LogP contribution in [-0.4, -0.2) is 12.2 Å². The topological polar surface area (TPSA) is 38.7 Å². The Morgan fingerprint density at radius 2 is 1.96 bits per heavy atom. The van der Waals surface area contributed by atoms with Crippen molar-refractivity contribution in [3.05, 3.63) is 53.6 Å². The maximum atomic E-state index is 9.98. The minimum Gasteiger partial charge on any atom is -0.508 e. The Morgan fingerprint density at radius 3 is 2.67 bits per heavy atom. The van der Waals surface area contributed by atoms with E-state index in [1.165, 1.54) is 5.57 Å². The lowest BCUT2D eigenvalue weighted by Gasteiger charge is -2.38. The van der Waals surface area contributed by atoms with E-state index in [-0.39, 0.29) is 5.75 Å². The highest BCUT2D eigenvalue weighted by molar-refractivity contribution is 5.78. The Kier molecular flexibility index (Phi) is 4.27. The van der Waals surface area contributed by atoms with Crippen molar-refractivity contribution in [3.8, 4) is 28.4 Å². The van der Waals surface area contributed by atoms with E-state index in [0.717, 1.165) is 41.0 Å². The highest BCUT2D eigenvalue weighted by Gasteiger charge is 2.36. The second-order valence-electron chi connectivity index (χ2n) is 6.75. The molecule has 3 rings (SSSR count). The molecule has 1 heterocycles. The van der Waals surface area contributed by atoms with Crippen LogP contribution in [0.4, 0.5) is 0 Å². The average molecular weight is 324 g/mol. The van der Waals surface area contributed by atoms with Gasteiger partial charge in [-0.25, -0.2) is 0 Å². The van der Waals surface area contributed by atoms with Crippen molar-refractivity contribution >= 4 is 0 Å². The summed E-state index contributed by atoms with van der Waals surface area (Å²) in [5, 5.41) is 9.98. The molecule has 2 aromatic rings. The van der Waals surface area contributed by atoms with Crippen molar-refractivity contribution in [2.75, 3.05) is 7.11 Å². The van der Waals surface area contributed by atoms with Crippen LogP contribution in [0, 0.1) is 0 Å². The quantitative estimate of drug-likeness (QED) is 0.763. The van der Waals surface area contributed by atoms with E-state index in [1.54, 1.807) is 13.2 Å². The molecular weight excluding hydrogens is 300 g/mol. The van der Waals surface area contributed by atoms with Crippen molar-refractivity contribution in [3.63, 3.8) is 0 Å². The SMILES string of the molecule is COc1ccc2c(c1)-c1cc(O)ccc1C(C)(CCC=C(C)C)O2. The zero-order valence-corrected chi connectivity index (χ0v) is 14.7. The van der Waals surface area contributed by atoms with Crippen molar-refractivity contribution in [1.82, 2.24) is 0 Å². The van der Waals surface area contributed by atoms with Crippen LogP contribution < -0.4 is 9.47 Å². The molecule has 2 aromatic carbocycles. The molecule has 1 unspecified atom stereocenters. The number of aromatic hydroxyl groups is 1. The van der Waals surface area contributed by atoms with Gasteiger partial charge in [-0.15, -0.1) is 0 Å². The monoisotopic (exact) mass is 324 g/mol. The summed E-state index contributed by atoms with van der Waals surface area (Å²) in [6.45, 7) is 6.34. The maximum absolute atomic E-state index is 9.98. The molecule has 0 aliphatic carbocycles. The number of hydrogen-bond acceptors (Lipinski definition) is 3. The molecule has 3 heteroatoms. The van der Waals surface area contributed by atoms with Crippen molar-refractivity contribution in [2.45, 2.75) is 39.2 Å². The number of hydrogen-bond donors (Lipinski definition) is 1. The molecule has 0 saturated heterocycles. The lowest BCUT2D eigenvalue weighted by atomic mass is 9.82. The van der Waals surface area contributed by atoms with E-state index < -0.39 is 5.60 Å². The minimum atomic E-state index is -0.420. The molecule has 1 N–H and O–H groups in total. The lowest BCUT2D eigenvalue weighted by Crippen LogP contribution is -2.32. The van der Waals surface area contributed by atoms with E-state index >= 15 is 0 Å². The Balaban J connectivity index is 2.09. The molecule has 0 aromatic heterocycles. The third-order valence-corrected chi connectivity index (χ3v) is 4.56. The third kappa shape index (κ3) is 2.99. The van der Waals surface area contributed by atoms with Crippen molar-refractivity contribution in [2.24, 2.45) is 0 Å². The Morgan fingerprint density at radius 1 is 1.17 bits per heavy atom. The van der Waals surface area contributed by atoms with Crippen LogP contribution in [0.2, 0.25) is 0 Å². The van der Waals surface area contributed by atoms with Crippen LogP contribution in [0.25, 0.3) is 11.1 Å². The molecule has 0 saturated carbocycles. The maximum Gasteiger partial charge on any atom is 0.132 e. The molecule has 0 bridgehead atoms. The van der Waals surface area contributed by atoms with Crippen LogP contribution in [0.3, 0.4) is 0 Å². The summed E-state index contributed by atoms with van der Waals surface area (Å²) in [5.41, 5.74) is 3.96. The second kappa shape index (κ2) is 6.23. The number of allylic oxidation sites excluding steroid dienone is 2. The summed E-state index contributed by atoms with van der Waals surface area (Å²) in [4.78, 5) is 0. The molecule has 24 heavy (non-hydrogen) atoms. The van der Waals surface area contributed by atoms with Crippen LogP contribution >= 0.6 is 0 Å². The van der Waals surface area contributed by atoms with Crippen LogP contribution in [0.1, 0.15) is 39.2 Å². The summed E-state index contributed by atoms with van der Waals surface area (Å²) < 4.78 is 11.7. The number of benzene rings is 2. The molecule has 1 aliphatic rings. The summed E-state index contributed by atoms with van der Waals surface area (Å²) in [5.74, 6) is 1.87. The predicted molar refractivity (Wildman–Crippen MR) is 96.7 cm³/mol. The van der Waals surface area contributed by atoms with E-state index in [0.29, 0.717) is 0 Å². The number of ether oxygens (including phenoxy) is 2. The normalized spacial score (nSPS) is 18.2. The molecule has 0 amide bonds. The molecule has 0 spiro atoms. The molecule has 0 fully saturated rings.